The number of carbonyl (C=O) groups excluding carboxylic acids is 1. The van der Waals surface area contributed by atoms with Gasteiger partial charge in [0.15, 0.2) is 0 Å². The molecule has 0 amide bonds. The molecule has 1 rings (SSSR count). The predicted octanol–water partition coefficient (Wildman–Crippen LogP) is 9.26. The molecule has 0 bridgehead atoms. The van der Waals surface area contributed by atoms with E-state index in [4.69, 9.17) is 0 Å². The Kier molecular flexibility index (Phi) is 22.0. The van der Waals surface area contributed by atoms with Gasteiger partial charge < -0.3 is 4.74 Å². The Labute approximate surface area is 186 Å². The smallest absolute Gasteiger partial charge is 0.310 e. The van der Waals surface area contributed by atoms with Crippen LogP contribution in [0.1, 0.15) is 115 Å². The van der Waals surface area contributed by atoms with Crippen molar-refractivity contribution in [2.75, 3.05) is 0 Å². The molecule has 1 aromatic carbocycles. The van der Waals surface area contributed by atoms with E-state index in [0.29, 0.717) is 6.42 Å². The second-order valence-electron chi connectivity index (χ2n) is 7.97. The lowest BCUT2D eigenvalue weighted by atomic mass is 10.0. The average molecular weight is 415 g/mol. The minimum absolute atomic E-state index is 0.148. The maximum Gasteiger partial charge on any atom is 0.310 e. The molecule has 0 spiro atoms. The molecule has 0 saturated heterocycles. The van der Waals surface area contributed by atoms with Gasteiger partial charge >= 0.3 is 5.97 Å². The summed E-state index contributed by atoms with van der Waals surface area (Å²) < 4.78 is 4.69. The van der Waals surface area contributed by atoms with Crippen LogP contribution in [0.15, 0.2) is 49.8 Å². The number of carbonyl (C=O) groups is 1. The van der Waals surface area contributed by atoms with Crippen LogP contribution < -0.4 is 0 Å². The molecule has 0 atom stereocenters. The fraction of sp³-hybridized carbons (Fsp3) is 0.607. The number of hydrogen-bond acceptors (Lipinski definition) is 2. The number of benzene rings is 1. The summed E-state index contributed by atoms with van der Waals surface area (Å²) in [5, 5.41) is 0. The van der Waals surface area contributed by atoms with E-state index in [0.717, 1.165) is 12.8 Å². The standard InChI is InChI=1S/C20H38O2.C8H8/c1-3-5-6-7-8-9-10-11-12-13-14-15-16-17-18-19-20(21)22-4-2;1-2-8-6-4-3-5-7-8/h4H,2-3,5-19H2,1H3;2-7H,1H2. The molecule has 0 unspecified atom stereocenters. The van der Waals surface area contributed by atoms with Crippen LogP contribution in [-0.4, -0.2) is 5.97 Å². The topological polar surface area (TPSA) is 26.3 Å². The second-order valence-corrected chi connectivity index (χ2v) is 7.97. The summed E-state index contributed by atoms with van der Waals surface area (Å²) in [4.78, 5) is 11.1. The van der Waals surface area contributed by atoms with Crippen LogP contribution in [0.2, 0.25) is 0 Å². The molecule has 0 aliphatic rings. The van der Waals surface area contributed by atoms with Crippen LogP contribution in [0.25, 0.3) is 6.08 Å². The summed E-state index contributed by atoms with van der Waals surface area (Å²) in [7, 11) is 0. The number of unbranched alkanes of at least 4 members (excludes halogenated alkanes) is 14. The fourth-order valence-electron chi connectivity index (χ4n) is 3.38. The van der Waals surface area contributed by atoms with E-state index < -0.39 is 0 Å². The van der Waals surface area contributed by atoms with Gasteiger partial charge in [0.2, 0.25) is 0 Å². The molecule has 0 N–H and O–H groups in total. The Balaban J connectivity index is 0.000000867. The second kappa shape index (κ2) is 23.4. The summed E-state index contributed by atoms with van der Waals surface area (Å²) >= 11 is 0. The maximum absolute atomic E-state index is 11.1. The van der Waals surface area contributed by atoms with Crippen LogP contribution in [0.3, 0.4) is 0 Å². The third-order valence-electron chi connectivity index (χ3n) is 5.23. The van der Waals surface area contributed by atoms with Crippen LogP contribution in [-0.2, 0) is 9.53 Å². The van der Waals surface area contributed by atoms with Gasteiger partial charge in [0, 0.05) is 6.42 Å². The van der Waals surface area contributed by atoms with Gasteiger partial charge in [-0.2, -0.15) is 0 Å². The Hall–Kier alpha value is -1.83. The molecule has 0 aliphatic heterocycles. The van der Waals surface area contributed by atoms with E-state index in [1.54, 1.807) is 0 Å². The minimum atomic E-state index is -0.148. The molecule has 0 aliphatic carbocycles. The largest absolute Gasteiger partial charge is 0.435 e. The molecular formula is C28H46O2. The summed E-state index contributed by atoms with van der Waals surface area (Å²) in [5.74, 6) is -0.148. The van der Waals surface area contributed by atoms with Gasteiger partial charge in [-0.1, -0.05) is 146 Å². The quantitative estimate of drug-likeness (QED) is 0.136. The van der Waals surface area contributed by atoms with Crippen molar-refractivity contribution in [2.45, 2.75) is 110 Å². The Bertz CT molecular complexity index is 507. The molecular weight excluding hydrogens is 368 g/mol. The van der Waals surface area contributed by atoms with Crippen LogP contribution in [0.5, 0.6) is 0 Å². The van der Waals surface area contributed by atoms with E-state index in [1.807, 2.05) is 36.4 Å². The van der Waals surface area contributed by atoms with Gasteiger partial charge in [0.25, 0.3) is 0 Å². The fourth-order valence-corrected chi connectivity index (χ4v) is 3.38. The number of ether oxygens (including phenoxy) is 1. The molecule has 0 heterocycles. The maximum atomic E-state index is 11.1. The Morgan fingerprint density at radius 3 is 1.53 bits per heavy atom. The van der Waals surface area contributed by atoms with Crippen LogP contribution >= 0.6 is 0 Å². The van der Waals surface area contributed by atoms with Gasteiger partial charge in [-0.3, -0.25) is 4.79 Å². The van der Waals surface area contributed by atoms with Crippen molar-refractivity contribution in [2.24, 2.45) is 0 Å². The zero-order valence-electron chi connectivity index (χ0n) is 19.6. The first-order chi connectivity index (χ1) is 14.7. The number of rotatable bonds is 18. The lowest BCUT2D eigenvalue weighted by Crippen LogP contribution is -1.98. The van der Waals surface area contributed by atoms with Gasteiger partial charge in [0.1, 0.15) is 0 Å². The third-order valence-corrected chi connectivity index (χ3v) is 5.23. The monoisotopic (exact) mass is 414 g/mol. The van der Waals surface area contributed by atoms with Crippen molar-refractivity contribution in [3.05, 3.63) is 55.3 Å². The summed E-state index contributed by atoms with van der Waals surface area (Å²) in [6.07, 6.45) is 23.7. The van der Waals surface area contributed by atoms with Crippen molar-refractivity contribution in [1.29, 1.82) is 0 Å². The highest BCUT2D eigenvalue weighted by Crippen LogP contribution is 2.13. The van der Waals surface area contributed by atoms with Crippen molar-refractivity contribution in [1.82, 2.24) is 0 Å². The predicted molar refractivity (Wildman–Crippen MR) is 132 cm³/mol. The van der Waals surface area contributed by atoms with E-state index in [-0.39, 0.29) is 5.97 Å². The van der Waals surface area contributed by atoms with E-state index >= 15 is 0 Å². The molecule has 0 aromatic heterocycles. The van der Waals surface area contributed by atoms with Gasteiger partial charge in [-0.25, -0.2) is 0 Å². The molecule has 0 saturated carbocycles. The van der Waals surface area contributed by atoms with Gasteiger partial charge in [-0.15, -0.1) is 0 Å². The molecule has 2 heteroatoms. The first-order valence-corrected chi connectivity index (χ1v) is 12.2. The molecule has 0 fully saturated rings. The zero-order chi connectivity index (χ0) is 22.1. The van der Waals surface area contributed by atoms with Crippen molar-refractivity contribution >= 4 is 12.0 Å². The van der Waals surface area contributed by atoms with E-state index in [2.05, 4.69) is 24.8 Å². The normalized spacial score (nSPS) is 10.0. The Morgan fingerprint density at radius 1 is 0.733 bits per heavy atom. The van der Waals surface area contributed by atoms with Crippen LogP contribution in [0, 0.1) is 0 Å². The highest BCUT2D eigenvalue weighted by atomic mass is 16.5. The van der Waals surface area contributed by atoms with E-state index in [1.165, 1.54) is 95.3 Å². The van der Waals surface area contributed by atoms with Crippen molar-refractivity contribution in [3.63, 3.8) is 0 Å². The first kappa shape index (κ1) is 28.2. The third kappa shape index (κ3) is 20.9. The Morgan fingerprint density at radius 2 is 1.17 bits per heavy atom. The van der Waals surface area contributed by atoms with Gasteiger partial charge in [-0.05, 0) is 12.0 Å². The van der Waals surface area contributed by atoms with Crippen molar-refractivity contribution < 1.29 is 9.53 Å². The summed E-state index contributed by atoms with van der Waals surface area (Å²) in [6, 6.07) is 10.0. The van der Waals surface area contributed by atoms with Crippen molar-refractivity contribution in [3.8, 4) is 0 Å². The number of esters is 1. The SMILES string of the molecule is C=COC(=O)CCCCCCCCCCCCCCCCC.C=Cc1ccccc1. The highest BCUT2D eigenvalue weighted by molar-refractivity contribution is 5.69. The lowest BCUT2D eigenvalue weighted by molar-refractivity contribution is -0.138. The minimum Gasteiger partial charge on any atom is -0.435 e. The summed E-state index contributed by atoms with van der Waals surface area (Å²) in [5.41, 5.74) is 1.17. The van der Waals surface area contributed by atoms with Gasteiger partial charge in [0.05, 0.1) is 6.26 Å². The summed E-state index contributed by atoms with van der Waals surface area (Å²) in [6.45, 7) is 9.28. The molecule has 30 heavy (non-hydrogen) atoms. The van der Waals surface area contributed by atoms with E-state index in [9.17, 15) is 4.79 Å². The average Bonchev–Trinajstić information content (AvgIpc) is 2.77. The van der Waals surface area contributed by atoms with Crippen LogP contribution in [0.4, 0.5) is 0 Å². The molecule has 170 valence electrons. The number of hydrogen-bond donors (Lipinski definition) is 0. The zero-order valence-corrected chi connectivity index (χ0v) is 19.6. The molecule has 2 nitrogen and oxygen atoms in total. The molecule has 0 radical (unpaired) electrons. The highest BCUT2D eigenvalue weighted by Gasteiger charge is 2.00. The lowest BCUT2D eigenvalue weighted by Gasteiger charge is -2.03. The first-order valence-electron chi connectivity index (χ1n) is 12.2. The molecule has 1 aromatic rings.